The number of nitrogens with two attached hydrogens (primary N) is 2. The van der Waals surface area contributed by atoms with Gasteiger partial charge >= 0.3 is 0 Å². The second kappa shape index (κ2) is 4.97. The van der Waals surface area contributed by atoms with Crippen molar-refractivity contribution in [3.05, 3.63) is 35.4 Å². The standard InChI is InChI=1S/C10H16N2O/c11-6-5-8-3-1-2-4-9(8)10(12)7-13/h1-4,10,13H,5-7,11-12H2/t10-/m1/s1. The van der Waals surface area contributed by atoms with Gasteiger partial charge in [0.05, 0.1) is 12.6 Å². The molecular weight excluding hydrogens is 164 g/mol. The Bertz CT molecular complexity index is 263. The van der Waals surface area contributed by atoms with Crippen LogP contribution in [0.4, 0.5) is 0 Å². The second-order valence-electron chi connectivity index (χ2n) is 3.03. The first-order valence-electron chi connectivity index (χ1n) is 4.44. The van der Waals surface area contributed by atoms with E-state index in [1.54, 1.807) is 0 Å². The van der Waals surface area contributed by atoms with Crippen LogP contribution in [0.25, 0.3) is 0 Å². The molecule has 0 aliphatic rings. The van der Waals surface area contributed by atoms with Crippen LogP contribution in [0.2, 0.25) is 0 Å². The number of hydrogen-bond donors (Lipinski definition) is 3. The van der Waals surface area contributed by atoms with Crippen molar-refractivity contribution in [1.29, 1.82) is 0 Å². The summed E-state index contributed by atoms with van der Waals surface area (Å²) in [5.74, 6) is 0. The summed E-state index contributed by atoms with van der Waals surface area (Å²) < 4.78 is 0. The van der Waals surface area contributed by atoms with E-state index in [4.69, 9.17) is 16.6 Å². The summed E-state index contributed by atoms with van der Waals surface area (Å²) >= 11 is 0. The van der Waals surface area contributed by atoms with Crippen molar-refractivity contribution in [1.82, 2.24) is 0 Å². The molecule has 0 spiro atoms. The highest BCUT2D eigenvalue weighted by Gasteiger charge is 2.07. The molecular formula is C10H16N2O. The fraction of sp³-hybridized carbons (Fsp3) is 0.400. The molecule has 0 aliphatic heterocycles. The Morgan fingerprint density at radius 2 is 2.00 bits per heavy atom. The minimum absolute atomic E-state index is 0.0262. The lowest BCUT2D eigenvalue weighted by Gasteiger charge is -2.13. The molecule has 72 valence electrons. The van der Waals surface area contributed by atoms with E-state index in [-0.39, 0.29) is 12.6 Å². The zero-order chi connectivity index (χ0) is 9.68. The van der Waals surface area contributed by atoms with Crippen molar-refractivity contribution in [3.8, 4) is 0 Å². The molecule has 1 aromatic carbocycles. The molecule has 0 bridgehead atoms. The summed E-state index contributed by atoms with van der Waals surface area (Å²) in [5.41, 5.74) is 13.3. The molecule has 1 aromatic rings. The molecule has 5 N–H and O–H groups in total. The third kappa shape index (κ3) is 2.52. The number of rotatable bonds is 4. The first-order chi connectivity index (χ1) is 6.29. The van der Waals surface area contributed by atoms with Gasteiger partial charge < -0.3 is 16.6 Å². The average molecular weight is 180 g/mol. The number of hydrogen-bond acceptors (Lipinski definition) is 3. The third-order valence-electron chi connectivity index (χ3n) is 2.06. The molecule has 0 amide bonds. The Morgan fingerprint density at radius 1 is 1.31 bits per heavy atom. The van der Waals surface area contributed by atoms with Gasteiger partial charge in [-0.1, -0.05) is 24.3 Å². The Morgan fingerprint density at radius 3 is 2.62 bits per heavy atom. The maximum atomic E-state index is 8.92. The van der Waals surface area contributed by atoms with Gasteiger partial charge in [-0.2, -0.15) is 0 Å². The van der Waals surface area contributed by atoms with Gasteiger partial charge in [-0.3, -0.25) is 0 Å². The summed E-state index contributed by atoms with van der Waals surface area (Å²) in [6.45, 7) is 0.580. The van der Waals surface area contributed by atoms with Crippen LogP contribution in [0.15, 0.2) is 24.3 Å². The molecule has 0 unspecified atom stereocenters. The van der Waals surface area contributed by atoms with E-state index >= 15 is 0 Å². The second-order valence-corrected chi connectivity index (χ2v) is 3.03. The van der Waals surface area contributed by atoms with Crippen LogP contribution in [0.1, 0.15) is 17.2 Å². The van der Waals surface area contributed by atoms with Crippen LogP contribution in [0.3, 0.4) is 0 Å². The Labute approximate surface area is 78.4 Å². The summed E-state index contributed by atoms with van der Waals surface area (Å²) in [7, 11) is 0. The van der Waals surface area contributed by atoms with Crippen LogP contribution in [-0.4, -0.2) is 18.3 Å². The lowest BCUT2D eigenvalue weighted by atomic mass is 9.99. The normalized spacial score (nSPS) is 12.8. The predicted molar refractivity (Wildman–Crippen MR) is 53.2 cm³/mol. The molecule has 0 saturated carbocycles. The summed E-state index contributed by atoms with van der Waals surface area (Å²) in [5, 5.41) is 8.92. The van der Waals surface area contributed by atoms with E-state index in [1.807, 2.05) is 24.3 Å². The quantitative estimate of drug-likeness (QED) is 0.619. The minimum atomic E-state index is -0.289. The van der Waals surface area contributed by atoms with E-state index in [1.165, 1.54) is 0 Å². The lowest BCUT2D eigenvalue weighted by molar-refractivity contribution is 0.267. The number of aliphatic hydroxyl groups is 1. The summed E-state index contributed by atoms with van der Waals surface area (Å²) in [6.07, 6.45) is 0.809. The smallest absolute Gasteiger partial charge is 0.0624 e. The fourth-order valence-electron chi connectivity index (χ4n) is 1.38. The minimum Gasteiger partial charge on any atom is -0.394 e. The van der Waals surface area contributed by atoms with E-state index in [2.05, 4.69) is 0 Å². The zero-order valence-electron chi connectivity index (χ0n) is 7.61. The molecule has 13 heavy (non-hydrogen) atoms. The van der Waals surface area contributed by atoms with Gasteiger partial charge in [0, 0.05) is 0 Å². The molecule has 0 saturated heterocycles. The molecule has 0 heterocycles. The molecule has 3 heteroatoms. The molecule has 0 fully saturated rings. The Kier molecular flexibility index (Phi) is 3.89. The predicted octanol–water partition coefficient (Wildman–Crippen LogP) is 0.180. The van der Waals surface area contributed by atoms with Crippen molar-refractivity contribution in [3.63, 3.8) is 0 Å². The zero-order valence-corrected chi connectivity index (χ0v) is 7.61. The molecule has 0 aromatic heterocycles. The van der Waals surface area contributed by atoms with Crippen LogP contribution >= 0.6 is 0 Å². The first kappa shape index (κ1) is 10.2. The maximum absolute atomic E-state index is 8.92. The van der Waals surface area contributed by atoms with Crippen LogP contribution in [0.5, 0.6) is 0 Å². The van der Waals surface area contributed by atoms with Gasteiger partial charge in [-0.15, -0.1) is 0 Å². The highest BCUT2D eigenvalue weighted by molar-refractivity contribution is 5.30. The van der Waals surface area contributed by atoms with Crippen molar-refractivity contribution >= 4 is 0 Å². The summed E-state index contributed by atoms with van der Waals surface area (Å²) in [4.78, 5) is 0. The highest BCUT2D eigenvalue weighted by atomic mass is 16.3. The van der Waals surface area contributed by atoms with Crippen LogP contribution < -0.4 is 11.5 Å². The van der Waals surface area contributed by atoms with Crippen LogP contribution in [0, 0.1) is 0 Å². The average Bonchev–Trinajstić information content (AvgIpc) is 2.18. The number of benzene rings is 1. The van der Waals surface area contributed by atoms with Crippen molar-refractivity contribution < 1.29 is 5.11 Å². The molecule has 1 rings (SSSR count). The van der Waals surface area contributed by atoms with E-state index in [0.717, 1.165) is 17.5 Å². The highest BCUT2D eigenvalue weighted by Crippen LogP contribution is 2.15. The van der Waals surface area contributed by atoms with Crippen molar-refractivity contribution in [2.75, 3.05) is 13.2 Å². The Balaban J connectivity index is 2.90. The summed E-state index contributed by atoms with van der Waals surface area (Å²) in [6, 6.07) is 7.52. The van der Waals surface area contributed by atoms with Gasteiger partial charge in [-0.05, 0) is 24.1 Å². The van der Waals surface area contributed by atoms with Gasteiger partial charge in [0.1, 0.15) is 0 Å². The van der Waals surface area contributed by atoms with Gasteiger partial charge in [-0.25, -0.2) is 0 Å². The monoisotopic (exact) mass is 180 g/mol. The SMILES string of the molecule is NCCc1ccccc1[C@H](N)CO. The van der Waals surface area contributed by atoms with Crippen LogP contribution in [-0.2, 0) is 6.42 Å². The Hall–Kier alpha value is -0.900. The molecule has 0 aliphatic carbocycles. The third-order valence-corrected chi connectivity index (χ3v) is 2.06. The maximum Gasteiger partial charge on any atom is 0.0624 e. The largest absolute Gasteiger partial charge is 0.394 e. The van der Waals surface area contributed by atoms with Gasteiger partial charge in [0.15, 0.2) is 0 Å². The van der Waals surface area contributed by atoms with Crippen molar-refractivity contribution in [2.45, 2.75) is 12.5 Å². The number of aliphatic hydroxyl groups excluding tert-OH is 1. The molecule has 0 radical (unpaired) electrons. The fourth-order valence-corrected chi connectivity index (χ4v) is 1.38. The first-order valence-corrected chi connectivity index (χ1v) is 4.44. The van der Waals surface area contributed by atoms with Crippen molar-refractivity contribution in [2.24, 2.45) is 11.5 Å². The van der Waals surface area contributed by atoms with Gasteiger partial charge in [0.25, 0.3) is 0 Å². The van der Waals surface area contributed by atoms with E-state index in [9.17, 15) is 0 Å². The lowest BCUT2D eigenvalue weighted by Crippen LogP contribution is -2.17. The van der Waals surface area contributed by atoms with E-state index < -0.39 is 0 Å². The van der Waals surface area contributed by atoms with E-state index in [0.29, 0.717) is 6.54 Å². The molecule has 3 nitrogen and oxygen atoms in total. The van der Waals surface area contributed by atoms with Gasteiger partial charge in [0.2, 0.25) is 0 Å². The molecule has 1 atom stereocenters. The topological polar surface area (TPSA) is 72.3 Å².